The van der Waals surface area contributed by atoms with E-state index in [0.717, 1.165) is 32.1 Å². The molecule has 0 unspecified atom stereocenters. The van der Waals surface area contributed by atoms with Gasteiger partial charge in [-0.05, 0) is 18.9 Å². The Morgan fingerprint density at radius 3 is 2.11 bits per heavy atom. The van der Waals surface area contributed by atoms with Gasteiger partial charge >= 0.3 is 0 Å². The molecule has 0 amide bonds. The Morgan fingerprint density at radius 1 is 0.964 bits per heavy atom. The van der Waals surface area contributed by atoms with Crippen molar-refractivity contribution in [1.29, 1.82) is 0 Å². The Hall–Kier alpha value is -2.38. The van der Waals surface area contributed by atoms with Crippen LogP contribution in [-0.4, -0.2) is 26.0 Å². The Balaban J connectivity index is 1.96. The summed E-state index contributed by atoms with van der Waals surface area (Å²) in [4.78, 5) is 25.9. The largest absolute Gasteiger partial charge is 0.397 e. The molecule has 0 radical (unpaired) electrons. The molecule has 0 aliphatic heterocycles. The maximum absolute atomic E-state index is 13.2. The van der Waals surface area contributed by atoms with Gasteiger partial charge in [-0.1, -0.05) is 43.5 Å². The van der Waals surface area contributed by atoms with Gasteiger partial charge in [0.15, 0.2) is 11.6 Å². The lowest BCUT2D eigenvalue weighted by Crippen LogP contribution is -2.28. The Bertz CT molecular complexity index is 1110. The summed E-state index contributed by atoms with van der Waals surface area (Å²) in [5, 5.41) is 3.28. The number of carbonyl (C=O) groups is 2. The van der Waals surface area contributed by atoms with Crippen molar-refractivity contribution in [3.05, 3.63) is 52.6 Å². The van der Waals surface area contributed by atoms with Crippen LogP contribution in [0.25, 0.3) is 0 Å². The molecule has 28 heavy (non-hydrogen) atoms. The van der Waals surface area contributed by atoms with Crippen LogP contribution >= 0.6 is 10.7 Å². The molecular weight excluding hydrogens is 400 g/mol. The van der Waals surface area contributed by atoms with Crippen molar-refractivity contribution in [2.45, 2.75) is 43.0 Å². The Morgan fingerprint density at radius 2 is 1.54 bits per heavy atom. The van der Waals surface area contributed by atoms with Gasteiger partial charge < -0.3 is 11.1 Å². The standard InChI is InChI=1S/C20H19ClN2O4S/c21-28(26,27)15-10-14(23-11-6-2-1-3-7-11)16-17(18(15)22)20(25)13-9-5-4-8-12(13)19(16)24/h4-5,8-11,23H,1-3,6-7,22H2. The highest BCUT2D eigenvalue weighted by Crippen LogP contribution is 2.40. The minimum absolute atomic E-state index is 0.0902. The minimum Gasteiger partial charge on any atom is -0.397 e. The average molecular weight is 419 g/mol. The van der Waals surface area contributed by atoms with Gasteiger partial charge in [-0.25, -0.2) is 8.42 Å². The number of ketones is 2. The topological polar surface area (TPSA) is 106 Å². The van der Waals surface area contributed by atoms with E-state index in [1.807, 2.05) is 0 Å². The molecule has 0 spiro atoms. The maximum atomic E-state index is 13.2. The van der Waals surface area contributed by atoms with E-state index < -0.39 is 14.8 Å². The van der Waals surface area contributed by atoms with Crippen LogP contribution in [0.1, 0.15) is 63.9 Å². The molecule has 2 aromatic rings. The zero-order valence-electron chi connectivity index (χ0n) is 15.0. The van der Waals surface area contributed by atoms with Crippen molar-refractivity contribution >= 4 is 42.7 Å². The number of nitrogens with one attached hydrogen (secondary N) is 1. The molecule has 1 fully saturated rings. The van der Waals surface area contributed by atoms with Crippen LogP contribution in [0.15, 0.2) is 35.2 Å². The number of carbonyl (C=O) groups excluding carboxylic acids is 2. The molecule has 3 N–H and O–H groups in total. The highest BCUT2D eigenvalue weighted by Gasteiger charge is 2.36. The second kappa shape index (κ2) is 6.90. The molecule has 4 rings (SSSR count). The average Bonchev–Trinajstić information content (AvgIpc) is 2.67. The highest BCUT2D eigenvalue weighted by molar-refractivity contribution is 8.13. The molecule has 8 heteroatoms. The Kier molecular flexibility index (Phi) is 4.67. The molecule has 2 aliphatic rings. The van der Waals surface area contributed by atoms with E-state index in [9.17, 15) is 18.0 Å². The summed E-state index contributed by atoms with van der Waals surface area (Å²) in [6, 6.07) is 7.83. The zero-order chi connectivity index (χ0) is 20.1. The summed E-state index contributed by atoms with van der Waals surface area (Å²) in [6.45, 7) is 0. The normalized spacial score (nSPS) is 17.2. The second-order valence-corrected chi connectivity index (χ2v) is 9.74. The molecule has 0 atom stereocenters. The fourth-order valence-corrected chi connectivity index (χ4v) is 5.08. The van der Waals surface area contributed by atoms with Crippen LogP contribution < -0.4 is 11.1 Å². The first-order valence-electron chi connectivity index (χ1n) is 9.15. The van der Waals surface area contributed by atoms with Crippen LogP contribution in [-0.2, 0) is 9.05 Å². The number of nitrogens with two attached hydrogens (primary N) is 1. The number of anilines is 2. The number of nitrogen functional groups attached to an aromatic ring is 1. The molecular formula is C20H19ClN2O4S. The summed E-state index contributed by atoms with van der Waals surface area (Å²) < 4.78 is 24.2. The second-order valence-electron chi connectivity index (χ2n) is 7.21. The minimum atomic E-state index is -4.20. The summed E-state index contributed by atoms with van der Waals surface area (Å²) >= 11 is 0. The van der Waals surface area contributed by atoms with E-state index in [1.54, 1.807) is 18.2 Å². The first kappa shape index (κ1) is 19.0. The molecule has 6 nitrogen and oxygen atoms in total. The third-order valence-corrected chi connectivity index (χ3v) is 6.79. The van der Waals surface area contributed by atoms with Crippen molar-refractivity contribution in [1.82, 2.24) is 0 Å². The van der Waals surface area contributed by atoms with Crippen molar-refractivity contribution in [2.24, 2.45) is 0 Å². The third kappa shape index (κ3) is 3.08. The summed E-state index contributed by atoms with van der Waals surface area (Å²) in [5.41, 5.74) is 6.57. The predicted octanol–water partition coefficient (Wildman–Crippen LogP) is 3.72. The molecule has 0 aromatic heterocycles. The van der Waals surface area contributed by atoms with Crippen molar-refractivity contribution in [2.75, 3.05) is 11.1 Å². The first-order chi connectivity index (χ1) is 13.3. The fraction of sp³-hybridized carbons (Fsp3) is 0.300. The van der Waals surface area contributed by atoms with E-state index >= 15 is 0 Å². The lowest BCUT2D eigenvalue weighted by atomic mass is 9.82. The van der Waals surface area contributed by atoms with Crippen LogP contribution in [0, 0.1) is 0 Å². The third-order valence-electron chi connectivity index (χ3n) is 5.43. The SMILES string of the molecule is Nc1c(S(=O)(=O)Cl)cc(NC2CCCCC2)c2c1C(=O)c1ccccc1C2=O. The van der Waals surface area contributed by atoms with Crippen LogP contribution in [0.4, 0.5) is 11.4 Å². The lowest BCUT2D eigenvalue weighted by Gasteiger charge is -2.28. The molecule has 0 bridgehead atoms. The number of hydrogen-bond donors (Lipinski definition) is 2. The quantitative estimate of drug-likeness (QED) is 0.496. The van der Waals surface area contributed by atoms with Gasteiger partial charge in [-0.2, -0.15) is 0 Å². The van der Waals surface area contributed by atoms with E-state index in [4.69, 9.17) is 16.4 Å². The van der Waals surface area contributed by atoms with Crippen LogP contribution in [0.5, 0.6) is 0 Å². The van der Waals surface area contributed by atoms with E-state index in [1.165, 1.54) is 12.1 Å². The number of halogens is 1. The van der Waals surface area contributed by atoms with Gasteiger partial charge in [-0.3, -0.25) is 9.59 Å². The molecule has 0 heterocycles. The van der Waals surface area contributed by atoms with E-state index in [0.29, 0.717) is 5.69 Å². The number of rotatable bonds is 3. The van der Waals surface area contributed by atoms with Gasteiger partial charge in [0.25, 0.3) is 9.05 Å². The van der Waals surface area contributed by atoms with Crippen molar-refractivity contribution in [3.63, 3.8) is 0 Å². The number of hydrogen-bond acceptors (Lipinski definition) is 6. The van der Waals surface area contributed by atoms with Crippen LogP contribution in [0.3, 0.4) is 0 Å². The van der Waals surface area contributed by atoms with Gasteiger partial charge in [0.2, 0.25) is 0 Å². The van der Waals surface area contributed by atoms with E-state index in [2.05, 4.69) is 5.32 Å². The lowest BCUT2D eigenvalue weighted by molar-refractivity contribution is 0.0980. The fourth-order valence-electron chi connectivity index (χ4n) is 4.08. The molecule has 1 saturated carbocycles. The van der Waals surface area contributed by atoms with Gasteiger partial charge in [0, 0.05) is 33.5 Å². The van der Waals surface area contributed by atoms with Crippen molar-refractivity contribution in [3.8, 4) is 0 Å². The summed E-state index contributed by atoms with van der Waals surface area (Å²) in [6.07, 6.45) is 5.04. The highest BCUT2D eigenvalue weighted by atomic mass is 35.7. The zero-order valence-corrected chi connectivity index (χ0v) is 16.6. The molecule has 146 valence electrons. The summed E-state index contributed by atoms with van der Waals surface area (Å²) in [7, 11) is 1.37. The van der Waals surface area contributed by atoms with Crippen molar-refractivity contribution < 1.29 is 18.0 Å². The number of fused-ring (bicyclic) bond motifs is 2. The molecule has 2 aliphatic carbocycles. The Labute approximate surface area is 167 Å². The predicted molar refractivity (Wildman–Crippen MR) is 108 cm³/mol. The molecule has 0 saturated heterocycles. The smallest absolute Gasteiger partial charge is 0.263 e. The van der Waals surface area contributed by atoms with E-state index in [-0.39, 0.29) is 44.7 Å². The van der Waals surface area contributed by atoms with Gasteiger partial charge in [0.05, 0.1) is 16.8 Å². The maximum Gasteiger partial charge on any atom is 0.263 e. The number of benzene rings is 2. The van der Waals surface area contributed by atoms with Gasteiger partial charge in [-0.15, -0.1) is 0 Å². The summed E-state index contributed by atoms with van der Waals surface area (Å²) in [5.74, 6) is -0.828. The molecule has 2 aromatic carbocycles. The monoisotopic (exact) mass is 418 g/mol. The first-order valence-corrected chi connectivity index (χ1v) is 11.5. The van der Waals surface area contributed by atoms with Crippen LogP contribution in [0.2, 0.25) is 0 Å². The van der Waals surface area contributed by atoms with Gasteiger partial charge in [0.1, 0.15) is 4.90 Å².